The molecule has 1 aromatic carbocycles. The summed E-state index contributed by atoms with van der Waals surface area (Å²) in [6.07, 6.45) is 1.64. The van der Waals surface area contributed by atoms with E-state index >= 15 is 0 Å². The monoisotopic (exact) mass is 267 g/mol. The lowest BCUT2D eigenvalue weighted by Gasteiger charge is -2.07. The summed E-state index contributed by atoms with van der Waals surface area (Å²) in [7, 11) is 1.70. The SMILES string of the molecule is CNc1ncc(C)c(Sc2cc(F)ccc2F)n1. The molecule has 1 aromatic heterocycles. The minimum absolute atomic E-state index is 0.207. The van der Waals surface area contributed by atoms with Crippen molar-refractivity contribution in [3.8, 4) is 0 Å². The quantitative estimate of drug-likeness (QED) is 0.866. The summed E-state index contributed by atoms with van der Waals surface area (Å²) < 4.78 is 26.6. The van der Waals surface area contributed by atoms with Gasteiger partial charge in [-0.15, -0.1) is 0 Å². The van der Waals surface area contributed by atoms with Crippen molar-refractivity contribution in [1.82, 2.24) is 9.97 Å². The van der Waals surface area contributed by atoms with Gasteiger partial charge in [-0.25, -0.2) is 18.7 Å². The molecular formula is C12H11F2N3S. The van der Waals surface area contributed by atoms with Gasteiger partial charge in [-0.1, -0.05) is 11.8 Å². The average molecular weight is 267 g/mol. The number of halogens is 2. The number of hydrogen-bond donors (Lipinski definition) is 1. The van der Waals surface area contributed by atoms with Gasteiger partial charge in [-0.2, -0.15) is 0 Å². The molecule has 18 heavy (non-hydrogen) atoms. The number of anilines is 1. The molecule has 0 spiro atoms. The smallest absolute Gasteiger partial charge is 0.223 e. The first kappa shape index (κ1) is 12.8. The van der Waals surface area contributed by atoms with Crippen molar-refractivity contribution in [2.45, 2.75) is 16.8 Å². The standard InChI is InChI=1S/C12H11F2N3S/c1-7-6-16-12(15-2)17-11(7)18-10-5-8(13)3-4-9(10)14/h3-6H,1-2H3,(H,15,16,17). The average Bonchev–Trinajstić information content (AvgIpc) is 2.36. The first-order valence-electron chi connectivity index (χ1n) is 5.24. The van der Waals surface area contributed by atoms with Gasteiger partial charge in [0.2, 0.25) is 5.95 Å². The number of aromatic nitrogens is 2. The predicted octanol–water partition coefficient (Wildman–Crippen LogP) is 3.26. The van der Waals surface area contributed by atoms with E-state index in [1.54, 1.807) is 13.2 Å². The van der Waals surface area contributed by atoms with E-state index in [0.717, 1.165) is 35.5 Å². The lowest BCUT2D eigenvalue weighted by molar-refractivity contribution is 0.577. The summed E-state index contributed by atoms with van der Waals surface area (Å²) >= 11 is 1.08. The third-order valence-electron chi connectivity index (χ3n) is 2.25. The van der Waals surface area contributed by atoms with Gasteiger partial charge in [0, 0.05) is 18.8 Å². The van der Waals surface area contributed by atoms with Crippen LogP contribution in [0, 0.1) is 18.6 Å². The van der Waals surface area contributed by atoms with Gasteiger partial charge < -0.3 is 5.32 Å². The zero-order chi connectivity index (χ0) is 13.1. The molecule has 0 saturated heterocycles. The minimum atomic E-state index is -0.473. The van der Waals surface area contributed by atoms with Crippen LogP contribution in [-0.2, 0) is 0 Å². The van der Waals surface area contributed by atoms with Crippen LogP contribution in [0.3, 0.4) is 0 Å². The topological polar surface area (TPSA) is 37.8 Å². The van der Waals surface area contributed by atoms with Crippen LogP contribution in [0.4, 0.5) is 14.7 Å². The molecular weight excluding hydrogens is 256 g/mol. The molecule has 0 amide bonds. The summed E-state index contributed by atoms with van der Waals surface area (Å²) in [5, 5.41) is 3.40. The summed E-state index contributed by atoms with van der Waals surface area (Å²) in [6.45, 7) is 1.82. The highest BCUT2D eigenvalue weighted by Crippen LogP contribution is 2.31. The maximum atomic E-state index is 13.5. The van der Waals surface area contributed by atoms with E-state index in [-0.39, 0.29) is 4.90 Å². The number of rotatable bonds is 3. The van der Waals surface area contributed by atoms with Gasteiger partial charge in [0.25, 0.3) is 0 Å². The second-order valence-corrected chi connectivity index (χ2v) is 4.64. The molecule has 3 nitrogen and oxygen atoms in total. The Labute approximate surface area is 108 Å². The lowest BCUT2D eigenvalue weighted by atomic mass is 10.3. The van der Waals surface area contributed by atoms with Crippen molar-refractivity contribution in [1.29, 1.82) is 0 Å². The number of aryl methyl sites for hydroxylation is 1. The molecule has 2 rings (SSSR count). The van der Waals surface area contributed by atoms with Crippen LogP contribution in [0.5, 0.6) is 0 Å². The second-order valence-electron chi connectivity index (χ2n) is 3.61. The van der Waals surface area contributed by atoms with E-state index in [9.17, 15) is 8.78 Å². The summed E-state index contributed by atoms with van der Waals surface area (Å²) in [4.78, 5) is 8.45. The molecule has 0 bridgehead atoms. The molecule has 1 N–H and O–H groups in total. The van der Waals surface area contributed by atoms with Gasteiger partial charge in [0.05, 0.1) is 4.90 Å². The summed E-state index contributed by atoms with van der Waals surface area (Å²) in [5.74, 6) is -0.496. The Morgan fingerprint density at radius 3 is 2.78 bits per heavy atom. The molecule has 0 radical (unpaired) electrons. The number of nitrogens with one attached hydrogen (secondary N) is 1. The fourth-order valence-corrected chi connectivity index (χ4v) is 2.20. The highest BCUT2D eigenvalue weighted by molar-refractivity contribution is 7.99. The predicted molar refractivity (Wildman–Crippen MR) is 66.8 cm³/mol. The lowest BCUT2D eigenvalue weighted by Crippen LogP contribution is -1.98. The molecule has 0 unspecified atom stereocenters. The molecule has 94 valence electrons. The van der Waals surface area contributed by atoms with Crippen LogP contribution < -0.4 is 5.32 Å². The van der Waals surface area contributed by atoms with E-state index in [1.807, 2.05) is 6.92 Å². The second kappa shape index (κ2) is 5.30. The fraction of sp³-hybridized carbons (Fsp3) is 0.167. The molecule has 1 heterocycles. The van der Waals surface area contributed by atoms with Crippen molar-refractivity contribution in [3.05, 3.63) is 41.6 Å². The van der Waals surface area contributed by atoms with E-state index in [0.29, 0.717) is 11.0 Å². The van der Waals surface area contributed by atoms with E-state index in [2.05, 4.69) is 15.3 Å². The van der Waals surface area contributed by atoms with Gasteiger partial charge in [-0.05, 0) is 25.1 Å². The van der Waals surface area contributed by atoms with Crippen molar-refractivity contribution < 1.29 is 8.78 Å². The summed E-state index contributed by atoms with van der Waals surface area (Å²) in [5.41, 5.74) is 0.808. The Hall–Kier alpha value is -1.69. The third kappa shape index (κ3) is 2.76. The fourth-order valence-electron chi connectivity index (χ4n) is 1.31. The van der Waals surface area contributed by atoms with Gasteiger partial charge in [-0.3, -0.25) is 0 Å². The Morgan fingerprint density at radius 2 is 2.06 bits per heavy atom. The number of benzene rings is 1. The Morgan fingerprint density at radius 1 is 1.28 bits per heavy atom. The Kier molecular flexibility index (Phi) is 3.76. The number of hydrogen-bond acceptors (Lipinski definition) is 4. The zero-order valence-corrected chi connectivity index (χ0v) is 10.7. The zero-order valence-electron chi connectivity index (χ0n) is 9.87. The number of nitrogens with zero attached hydrogens (tertiary/aromatic N) is 2. The van der Waals surface area contributed by atoms with Crippen LogP contribution >= 0.6 is 11.8 Å². The molecule has 0 aliphatic carbocycles. The van der Waals surface area contributed by atoms with Crippen molar-refractivity contribution in [3.63, 3.8) is 0 Å². The van der Waals surface area contributed by atoms with Crippen LogP contribution in [0.15, 0.2) is 34.3 Å². The van der Waals surface area contributed by atoms with E-state index < -0.39 is 11.6 Å². The van der Waals surface area contributed by atoms with Crippen molar-refractivity contribution in [2.24, 2.45) is 0 Å². The minimum Gasteiger partial charge on any atom is -0.357 e. The van der Waals surface area contributed by atoms with Crippen LogP contribution in [0.1, 0.15) is 5.56 Å². The molecule has 0 aliphatic rings. The maximum absolute atomic E-state index is 13.5. The van der Waals surface area contributed by atoms with Crippen molar-refractivity contribution in [2.75, 3.05) is 12.4 Å². The van der Waals surface area contributed by atoms with Gasteiger partial charge in [0.1, 0.15) is 16.7 Å². The Balaban J connectivity index is 2.36. The molecule has 2 aromatic rings. The molecule has 0 aliphatic heterocycles. The largest absolute Gasteiger partial charge is 0.357 e. The molecule has 0 saturated carbocycles. The molecule has 0 atom stereocenters. The molecule has 6 heteroatoms. The van der Waals surface area contributed by atoms with E-state index in [1.165, 1.54) is 0 Å². The van der Waals surface area contributed by atoms with Gasteiger partial charge >= 0.3 is 0 Å². The highest BCUT2D eigenvalue weighted by atomic mass is 32.2. The third-order valence-corrected chi connectivity index (χ3v) is 3.39. The van der Waals surface area contributed by atoms with Crippen molar-refractivity contribution >= 4 is 17.7 Å². The van der Waals surface area contributed by atoms with Crippen LogP contribution in [0.25, 0.3) is 0 Å². The summed E-state index contributed by atoms with van der Waals surface area (Å²) in [6, 6.07) is 3.35. The highest BCUT2D eigenvalue weighted by Gasteiger charge is 2.10. The van der Waals surface area contributed by atoms with Crippen LogP contribution in [-0.4, -0.2) is 17.0 Å². The normalized spacial score (nSPS) is 10.4. The van der Waals surface area contributed by atoms with Gasteiger partial charge in [0.15, 0.2) is 0 Å². The van der Waals surface area contributed by atoms with E-state index in [4.69, 9.17) is 0 Å². The first-order valence-corrected chi connectivity index (χ1v) is 6.06. The molecule has 0 fully saturated rings. The maximum Gasteiger partial charge on any atom is 0.223 e. The first-order chi connectivity index (χ1) is 8.60. The Bertz CT molecular complexity index is 575. The van der Waals surface area contributed by atoms with Crippen LogP contribution in [0.2, 0.25) is 0 Å².